The van der Waals surface area contributed by atoms with Gasteiger partial charge >= 0.3 is 0 Å². The van der Waals surface area contributed by atoms with Gasteiger partial charge in [0.05, 0.1) is 0 Å². The maximum atomic E-state index is 12.1. The van der Waals surface area contributed by atoms with Crippen molar-refractivity contribution >= 4 is 5.91 Å². The molecule has 15 heavy (non-hydrogen) atoms. The molecule has 2 rings (SSSR count). The van der Waals surface area contributed by atoms with E-state index in [1.165, 1.54) is 0 Å². The first-order valence-corrected chi connectivity index (χ1v) is 5.74. The van der Waals surface area contributed by atoms with E-state index in [0.29, 0.717) is 0 Å². The van der Waals surface area contributed by atoms with Crippen molar-refractivity contribution in [1.82, 2.24) is 10.2 Å². The Morgan fingerprint density at radius 1 is 1.53 bits per heavy atom. The van der Waals surface area contributed by atoms with Crippen molar-refractivity contribution in [2.75, 3.05) is 26.2 Å². The molecule has 2 fully saturated rings. The van der Waals surface area contributed by atoms with Crippen LogP contribution in [0.3, 0.4) is 0 Å². The molecule has 0 aromatic carbocycles. The molecule has 0 radical (unpaired) electrons. The highest BCUT2D eigenvalue weighted by atomic mass is 16.5. The Labute approximate surface area is 91.0 Å². The van der Waals surface area contributed by atoms with Crippen LogP contribution in [0.1, 0.15) is 26.7 Å². The molecule has 4 nitrogen and oxygen atoms in total. The smallest absolute Gasteiger partial charge is 0.251 e. The molecule has 2 aliphatic rings. The highest BCUT2D eigenvalue weighted by Crippen LogP contribution is 2.17. The third-order valence-electron chi connectivity index (χ3n) is 3.09. The van der Waals surface area contributed by atoms with Crippen LogP contribution in [0.5, 0.6) is 0 Å². The molecule has 2 aliphatic heterocycles. The summed E-state index contributed by atoms with van der Waals surface area (Å²) >= 11 is 0. The molecule has 0 saturated carbocycles. The van der Waals surface area contributed by atoms with Gasteiger partial charge in [-0.25, -0.2) is 0 Å². The minimum Gasteiger partial charge on any atom is -0.368 e. The molecular weight excluding hydrogens is 192 g/mol. The largest absolute Gasteiger partial charge is 0.368 e. The lowest BCUT2D eigenvalue weighted by Crippen LogP contribution is -2.59. The summed E-state index contributed by atoms with van der Waals surface area (Å²) in [6.07, 6.45) is 1.74. The minimum absolute atomic E-state index is 0.0342. The molecule has 2 saturated heterocycles. The van der Waals surface area contributed by atoms with Crippen LogP contribution in [0.15, 0.2) is 0 Å². The van der Waals surface area contributed by atoms with Crippen molar-refractivity contribution in [1.29, 1.82) is 0 Å². The summed E-state index contributed by atoms with van der Waals surface area (Å²) in [6.45, 7) is 7.47. The molecule has 1 atom stereocenters. The number of nitrogens with zero attached hydrogens (tertiary/aromatic N) is 1. The van der Waals surface area contributed by atoms with Gasteiger partial charge in [0.1, 0.15) is 6.10 Å². The molecule has 0 unspecified atom stereocenters. The first-order valence-electron chi connectivity index (χ1n) is 5.74. The Morgan fingerprint density at radius 2 is 2.33 bits per heavy atom. The average molecular weight is 212 g/mol. The molecule has 2 heterocycles. The van der Waals surface area contributed by atoms with Gasteiger partial charge in [0.15, 0.2) is 0 Å². The maximum Gasteiger partial charge on any atom is 0.251 e. The van der Waals surface area contributed by atoms with E-state index >= 15 is 0 Å². The monoisotopic (exact) mass is 212 g/mol. The Hall–Kier alpha value is -0.610. The lowest BCUT2D eigenvalue weighted by Gasteiger charge is -2.39. The zero-order valence-corrected chi connectivity index (χ0v) is 9.58. The fraction of sp³-hybridized carbons (Fsp3) is 0.909. The Balaban J connectivity index is 1.94. The van der Waals surface area contributed by atoms with Crippen LogP contribution >= 0.6 is 0 Å². The van der Waals surface area contributed by atoms with Gasteiger partial charge in [-0.1, -0.05) is 0 Å². The summed E-state index contributed by atoms with van der Waals surface area (Å²) in [5.41, 5.74) is 0.0342. The highest BCUT2D eigenvalue weighted by Gasteiger charge is 2.33. The van der Waals surface area contributed by atoms with E-state index in [2.05, 4.69) is 19.2 Å². The molecule has 1 amide bonds. The van der Waals surface area contributed by atoms with Gasteiger partial charge in [-0.3, -0.25) is 4.79 Å². The van der Waals surface area contributed by atoms with E-state index < -0.39 is 0 Å². The van der Waals surface area contributed by atoms with E-state index in [0.717, 1.165) is 39.1 Å². The number of amides is 1. The lowest BCUT2D eigenvalue weighted by atomic mass is 10.0. The fourth-order valence-electron chi connectivity index (χ4n) is 2.31. The summed E-state index contributed by atoms with van der Waals surface area (Å²) in [7, 11) is 0. The Bertz CT molecular complexity index is 247. The molecule has 0 aromatic rings. The highest BCUT2D eigenvalue weighted by molar-refractivity contribution is 5.81. The zero-order valence-electron chi connectivity index (χ0n) is 9.58. The molecule has 86 valence electrons. The van der Waals surface area contributed by atoms with Gasteiger partial charge in [0.2, 0.25) is 0 Å². The summed E-state index contributed by atoms with van der Waals surface area (Å²) in [4.78, 5) is 14.0. The zero-order chi connectivity index (χ0) is 10.9. The molecular formula is C11H20N2O2. The summed E-state index contributed by atoms with van der Waals surface area (Å²) in [6, 6.07) is 0. The van der Waals surface area contributed by atoms with Gasteiger partial charge in [0.25, 0.3) is 5.91 Å². The van der Waals surface area contributed by atoms with Crippen molar-refractivity contribution in [3.8, 4) is 0 Å². The standard InChI is InChI=1S/C11H20N2O2/c1-11(2)8-13(6-5-12-11)10(14)9-4-3-7-15-9/h9,12H,3-8H2,1-2H3/t9-/m0/s1. The van der Waals surface area contributed by atoms with Crippen molar-refractivity contribution in [2.24, 2.45) is 0 Å². The number of nitrogens with one attached hydrogen (secondary N) is 1. The van der Waals surface area contributed by atoms with Gasteiger partial charge in [-0.15, -0.1) is 0 Å². The number of carbonyl (C=O) groups is 1. The Kier molecular flexibility index (Phi) is 2.98. The number of ether oxygens (including phenoxy) is 1. The molecule has 0 bridgehead atoms. The summed E-state index contributed by atoms with van der Waals surface area (Å²) in [5, 5.41) is 3.40. The normalized spacial score (nSPS) is 30.5. The molecule has 1 N–H and O–H groups in total. The van der Waals surface area contributed by atoms with Crippen molar-refractivity contribution in [3.63, 3.8) is 0 Å². The van der Waals surface area contributed by atoms with Crippen molar-refractivity contribution < 1.29 is 9.53 Å². The topological polar surface area (TPSA) is 41.6 Å². The lowest BCUT2D eigenvalue weighted by molar-refractivity contribution is -0.143. The van der Waals surface area contributed by atoms with Crippen molar-refractivity contribution in [3.05, 3.63) is 0 Å². The number of carbonyl (C=O) groups excluding carboxylic acids is 1. The van der Waals surface area contributed by atoms with Gasteiger partial charge in [-0.2, -0.15) is 0 Å². The van der Waals surface area contributed by atoms with Crippen LogP contribution in [0, 0.1) is 0 Å². The predicted octanol–water partition coefficient (Wildman–Crippen LogP) is 0.376. The van der Waals surface area contributed by atoms with Gasteiger partial charge in [-0.05, 0) is 26.7 Å². The fourth-order valence-corrected chi connectivity index (χ4v) is 2.31. The van der Waals surface area contributed by atoms with Gasteiger partial charge < -0.3 is 15.0 Å². The molecule has 0 aliphatic carbocycles. The second kappa shape index (κ2) is 4.10. The third-order valence-corrected chi connectivity index (χ3v) is 3.09. The average Bonchev–Trinajstić information content (AvgIpc) is 2.67. The maximum absolute atomic E-state index is 12.1. The SMILES string of the molecule is CC1(C)CN(C(=O)[C@@H]2CCCO2)CCN1. The van der Waals surface area contributed by atoms with E-state index in [4.69, 9.17) is 4.74 Å². The number of hydrogen-bond acceptors (Lipinski definition) is 3. The minimum atomic E-state index is -0.168. The van der Waals surface area contributed by atoms with Gasteiger partial charge in [0, 0.05) is 31.8 Å². The van der Waals surface area contributed by atoms with Crippen LogP contribution in [-0.2, 0) is 9.53 Å². The Morgan fingerprint density at radius 3 is 2.93 bits per heavy atom. The quantitative estimate of drug-likeness (QED) is 0.683. The van der Waals surface area contributed by atoms with E-state index in [-0.39, 0.29) is 17.6 Å². The second-order valence-electron chi connectivity index (χ2n) is 5.07. The van der Waals surface area contributed by atoms with E-state index in [1.807, 2.05) is 4.90 Å². The second-order valence-corrected chi connectivity index (χ2v) is 5.07. The summed E-state index contributed by atoms with van der Waals surface area (Å²) < 4.78 is 5.42. The predicted molar refractivity (Wildman–Crippen MR) is 57.6 cm³/mol. The van der Waals surface area contributed by atoms with E-state index in [1.54, 1.807) is 0 Å². The van der Waals surface area contributed by atoms with Crippen LogP contribution in [0.2, 0.25) is 0 Å². The first-order chi connectivity index (χ1) is 7.08. The first kappa shape index (κ1) is 10.9. The molecule has 4 heteroatoms. The number of rotatable bonds is 1. The van der Waals surface area contributed by atoms with Crippen molar-refractivity contribution in [2.45, 2.75) is 38.3 Å². The number of hydrogen-bond donors (Lipinski definition) is 1. The van der Waals surface area contributed by atoms with Crippen LogP contribution < -0.4 is 5.32 Å². The van der Waals surface area contributed by atoms with Crippen LogP contribution in [0.4, 0.5) is 0 Å². The van der Waals surface area contributed by atoms with E-state index in [9.17, 15) is 4.79 Å². The summed E-state index contributed by atoms with van der Waals surface area (Å²) in [5.74, 6) is 0.182. The third kappa shape index (κ3) is 2.49. The molecule has 0 aromatic heterocycles. The van der Waals surface area contributed by atoms with Crippen LogP contribution in [0.25, 0.3) is 0 Å². The molecule has 0 spiro atoms. The van der Waals surface area contributed by atoms with Crippen LogP contribution in [-0.4, -0.2) is 48.7 Å². The number of piperazine rings is 1.